The van der Waals surface area contributed by atoms with Crippen molar-refractivity contribution in [3.05, 3.63) is 52.3 Å². The number of hydrogen-bond acceptors (Lipinski definition) is 2. The maximum atomic E-state index is 6.15. The number of benzene rings is 1. The Morgan fingerprint density at radius 3 is 2.47 bits per heavy atom. The molecule has 1 atom stereocenters. The highest BCUT2D eigenvalue weighted by atomic mass is 35.5. The molecule has 0 radical (unpaired) electrons. The molecule has 0 aliphatic carbocycles. The lowest BCUT2D eigenvalue weighted by Crippen LogP contribution is -2.19. The summed E-state index contributed by atoms with van der Waals surface area (Å²) in [6, 6.07) is 9.62. The molecule has 2 N–H and O–H groups in total. The van der Waals surface area contributed by atoms with E-state index in [1.54, 1.807) is 0 Å². The highest BCUT2D eigenvalue weighted by molar-refractivity contribution is 6.30. The summed E-state index contributed by atoms with van der Waals surface area (Å²) in [5, 5.41) is 5.13. The minimum atomic E-state index is -0.0646. The monoisotopic (exact) mass is 249 g/mol. The number of aromatic nitrogens is 2. The summed E-state index contributed by atoms with van der Waals surface area (Å²) in [6.45, 7) is 4.70. The van der Waals surface area contributed by atoms with Gasteiger partial charge in [-0.15, -0.1) is 0 Å². The van der Waals surface area contributed by atoms with E-state index in [2.05, 4.69) is 11.2 Å². The van der Waals surface area contributed by atoms with Crippen molar-refractivity contribution in [3.8, 4) is 0 Å². The van der Waals surface area contributed by atoms with Crippen molar-refractivity contribution in [3.63, 3.8) is 0 Å². The number of nitrogens with two attached hydrogens (primary N) is 1. The van der Waals surface area contributed by atoms with E-state index in [0.717, 1.165) is 22.0 Å². The second-order valence-corrected chi connectivity index (χ2v) is 4.70. The lowest BCUT2D eigenvalue weighted by Gasteiger charge is -2.13. The normalized spacial score (nSPS) is 12.7. The fraction of sp³-hybridized carbons (Fsp3) is 0.308. The predicted molar refractivity (Wildman–Crippen MR) is 70.1 cm³/mol. The molecule has 2 rings (SSSR count). The zero-order valence-corrected chi connectivity index (χ0v) is 10.8. The van der Waals surface area contributed by atoms with Gasteiger partial charge in [0.25, 0.3) is 0 Å². The quantitative estimate of drug-likeness (QED) is 0.909. The van der Waals surface area contributed by atoms with Crippen LogP contribution < -0.4 is 5.73 Å². The van der Waals surface area contributed by atoms with Gasteiger partial charge in [0.2, 0.25) is 0 Å². The van der Waals surface area contributed by atoms with Crippen LogP contribution in [0.25, 0.3) is 0 Å². The van der Waals surface area contributed by atoms with Crippen LogP contribution in [0.15, 0.2) is 30.3 Å². The van der Waals surface area contributed by atoms with Gasteiger partial charge < -0.3 is 5.73 Å². The summed E-state index contributed by atoms with van der Waals surface area (Å²) in [7, 11) is 0. The van der Waals surface area contributed by atoms with Gasteiger partial charge in [-0.25, -0.2) is 0 Å². The van der Waals surface area contributed by atoms with Crippen LogP contribution in [0.4, 0.5) is 0 Å². The second kappa shape index (κ2) is 4.90. The third-order valence-corrected chi connectivity index (χ3v) is 3.02. The minimum absolute atomic E-state index is 0.0646. The Hall–Kier alpha value is -1.32. The minimum Gasteiger partial charge on any atom is -0.322 e. The van der Waals surface area contributed by atoms with E-state index in [-0.39, 0.29) is 6.04 Å². The SMILES string of the molecule is Cc1cc(C)n(CC(N)c2ccc(Cl)cc2)n1. The molecule has 1 aromatic heterocycles. The first-order valence-corrected chi connectivity index (χ1v) is 5.96. The standard InChI is InChI=1S/C13H16ClN3/c1-9-7-10(2)17(16-9)8-13(15)11-3-5-12(14)6-4-11/h3-7,13H,8,15H2,1-2H3. The average molecular weight is 250 g/mol. The van der Waals surface area contributed by atoms with Crippen LogP contribution in [0.2, 0.25) is 5.02 Å². The van der Waals surface area contributed by atoms with Crippen LogP contribution in [-0.2, 0) is 6.54 Å². The highest BCUT2D eigenvalue weighted by Crippen LogP contribution is 2.16. The Kier molecular flexibility index (Phi) is 3.50. The van der Waals surface area contributed by atoms with E-state index in [4.69, 9.17) is 17.3 Å². The van der Waals surface area contributed by atoms with E-state index >= 15 is 0 Å². The van der Waals surface area contributed by atoms with Gasteiger partial charge in [-0.05, 0) is 37.6 Å². The van der Waals surface area contributed by atoms with Crippen LogP contribution in [0.1, 0.15) is 23.0 Å². The highest BCUT2D eigenvalue weighted by Gasteiger charge is 2.09. The van der Waals surface area contributed by atoms with Crippen molar-refractivity contribution in [2.45, 2.75) is 26.4 Å². The van der Waals surface area contributed by atoms with Gasteiger partial charge in [0.05, 0.1) is 12.2 Å². The molecule has 3 nitrogen and oxygen atoms in total. The first-order chi connectivity index (χ1) is 8.06. The fourth-order valence-corrected chi connectivity index (χ4v) is 1.99. The van der Waals surface area contributed by atoms with Crippen LogP contribution in [0, 0.1) is 13.8 Å². The molecule has 90 valence electrons. The van der Waals surface area contributed by atoms with Gasteiger partial charge >= 0.3 is 0 Å². The van der Waals surface area contributed by atoms with Gasteiger partial charge in [0.1, 0.15) is 0 Å². The molecule has 1 heterocycles. The first kappa shape index (κ1) is 12.1. The molecular formula is C13H16ClN3. The van der Waals surface area contributed by atoms with Crippen LogP contribution in [0.5, 0.6) is 0 Å². The average Bonchev–Trinajstić information content (AvgIpc) is 2.58. The third-order valence-electron chi connectivity index (χ3n) is 2.77. The second-order valence-electron chi connectivity index (χ2n) is 4.27. The molecule has 17 heavy (non-hydrogen) atoms. The first-order valence-electron chi connectivity index (χ1n) is 5.58. The Morgan fingerprint density at radius 1 is 1.29 bits per heavy atom. The Labute approximate surface area is 106 Å². The summed E-state index contributed by atoms with van der Waals surface area (Å²) in [4.78, 5) is 0. The number of nitrogens with zero attached hydrogens (tertiary/aromatic N) is 2. The molecule has 0 aliphatic heterocycles. The largest absolute Gasteiger partial charge is 0.322 e. The molecule has 1 unspecified atom stereocenters. The smallest absolute Gasteiger partial charge is 0.0605 e. The maximum Gasteiger partial charge on any atom is 0.0605 e. The summed E-state index contributed by atoms with van der Waals surface area (Å²) in [6.07, 6.45) is 0. The van der Waals surface area contributed by atoms with Crippen LogP contribution >= 0.6 is 11.6 Å². The summed E-state index contributed by atoms with van der Waals surface area (Å²) in [5.74, 6) is 0. The van der Waals surface area contributed by atoms with Gasteiger partial charge in [0, 0.05) is 16.8 Å². The molecule has 0 amide bonds. The Morgan fingerprint density at radius 2 is 1.94 bits per heavy atom. The fourth-order valence-electron chi connectivity index (χ4n) is 1.86. The van der Waals surface area contributed by atoms with Crippen molar-refractivity contribution in [1.82, 2.24) is 9.78 Å². The van der Waals surface area contributed by atoms with Crippen molar-refractivity contribution in [2.75, 3.05) is 0 Å². The Bertz CT molecular complexity index is 502. The molecule has 2 aromatic rings. The number of halogens is 1. The molecule has 0 spiro atoms. The number of hydrogen-bond donors (Lipinski definition) is 1. The summed E-state index contributed by atoms with van der Waals surface area (Å²) < 4.78 is 1.94. The maximum absolute atomic E-state index is 6.15. The van der Waals surface area contributed by atoms with E-state index in [9.17, 15) is 0 Å². The van der Waals surface area contributed by atoms with Gasteiger partial charge in [-0.2, -0.15) is 5.10 Å². The van der Waals surface area contributed by atoms with E-state index in [1.807, 2.05) is 42.8 Å². The van der Waals surface area contributed by atoms with Crippen LogP contribution in [-0.4, -0.2) is 9.78 Å². The molecular weight excluding hydrogens is 234 g/mol. The summed E-state index contributed by atoms with van der Waals surface area (Å²) >= 11 is 5.85. The third kappa shape index (κ3) is 2.87. The molecule has 0 saturated heterocycles. The topological polar surface area (TPSA) is 43.8 Å². The Balaban J connectivity index is 2.13. The van der Waals surface area contributed by atoms with Crippen molar-refractivity contribution in [1.29, 1.82) is 0 Å². The van der Waals surface area contributed by atoms with Gasteiger partial charge in [0.15, 0.2) is 0 Å². The number of rotatable bonds is 3. The van der Waals surface area contributed by atoms with Gasteiger partial charge in [-0.3, -0.25) is 4.68 Å². The predicted octanol–water partition coefficient (Wildman–Crippen LogP) is 2.85. The van der Waals surface area contributed by atoms with E-state index in [0.29, 0.717) is 6.54 Å². The van der Waals surface area contributed by atoms with Crippen molar-refractivity contribution >= 4 is 11.6 Å². The van der Waals surface area contributed by atoms with Crippen molar-refractivity contribution in [2.24, 2.45) is 5.73 Å². The molecule has 0 fully saturated rings. The molecule has 4 heteroatoms. The molecule has 1 aromatic carbocycles. The molecule has 0 saturated carbocycles. The van der Waals surface area contributed by atoms with E-state index in [1.165, 1.54) is 0 Å². The molecule has 0 aliphatic rings. The zero-order chi connectivity index (χ0) is 12.4. The zero-order valence-electron chi connectivity index (χ0n) is 10.0. The molecule has 0 bridgehead atoms. The number of aryl methyl sites for hydroxylation is 2. The van der Waals surface area contributed by atoms with Gasteiger partial charge in [-0.1, -0.05) is 23.7 Å². The van der Waals surface area contributed by atoms with Crippen molar-refractivity contribution < 1.29 is 0 Å². The lowest BCUT2D eigenvalue weighted by atomic mass is 10.1. The van der Waals surface area contributed by atoms with Crippen LogP contribution in [0.3, 0.4) is 0 Å². The van der Waals surface area contributed by atoms with E-state index < -0.39 is 0 Å². The lowest BCUT2D eigenvalue weighted by molar-refractivity contribution is 0.515. The summed E-state index contributed by atoms with van der Waals surface area (Å²) in [5.41, 5.74) is 9.37.